The highest BCUT2D eigenvalue weighted by Gasteiger charge is 2.14. The van der Waals surface area contributed by atoms with Gasteiger partial charge in [0.15, 0.2) is 0 Å². The largest absolute Gasteiger partial charge is 0.271 e. The van der Waals surface area contributed by atoms with Crippen molar-refractivity contribution < 1.29 is 0 Å². The van der Waals surface area contributed by atoms with Crippen LogP contribution in [0.2, 0.25) is 0 Å². The lowest BCUT2D eigenvalue weighted by molar-refractivity contribution is 0.490. The van der Waals surface area contributed by atoms with Gasteiger partial charge in [0.1, 0.15) is 0 Å². The van der Waals surface area contributed by atoms with Gasteiger partial charge in [-0.05, 0) is 31.9 Å². The smallest absolute Gasteiger partial charge is 0.0669 e. The molecule has 1 unspecified atom stereocenters. The summed E-state index contributed by atoms with van der Waals surface area (Å²) in [6.45, 7) is 5.04. The molecule has 0 fully saturated rings. The molecule has 3 N–H and O–H groups in total. The van der Waals surface area contributed by atoms with E-state index in [0.717, 1.165) is 18.7 Å². The van der Waals surface area contributed by atoms with Crippen molar-refractivity contribution in [3.05, 3.63) is 53.3 Å². The quantitative estimate of drug-likeness (QED) is 0.624. The fraction of sp³-hybridized carbons (Fsp3) is 0.357. The molecule has 18 heavy (non-hydrogen) atoms. The van der Waals surface area contributed by atoms with Crippen LogP contribution in [0.15, 0.2) is 36.5 Å². The highest BCUT2D eigenvalue weighted by atomic mass is 15.3. The minimum Gasteiger partial charge on any atom is -0.271 e. The third-order valence-corrected chi connectivity index (χ3v) is 3.13. The molecule has 0 radical (unpaired) electrons. The van der Waals surface area contributed by atoms with Crippen LogP contribution in [0.3, 0.4) is 0 Å². The number of hydrazine groups is 1. The first-order valence-electron chi connectivity index (χ1n) is 6.28. The van der Waals surface area contributed by atoms with E-state index in [1.807, 2.05) is 16.9 Å². The maximum Gasteiger partial charge on any atom is 0.0669 e. The number of aromatic nitrogens is 2. The Balaban J connectivity index is 2.20. The van der Waals surface area contributed by atoms with Gasteiger partial charge in [-0.1, -0.05) is 29.8 Å². The maximum absolute atomic E-state index is 5.68. The maximum atomic E-state index is 5.68. The number of benzene rings is 1. The summed E-state index contributed by atoms with van der Waals surface area (Å²) in [5, 5.41) is 4.28. The van der Waals surface area contributed by atoms with Crippen molar-refractivity contribution in [3.63, 3.8) is 0 Å². The number of nitrogens with zero attached hydrogens (tertiary/aromatic N) is 2. The SMILES string of the molecule is CCn1nccc1C(Cc1cccc(C)c1)NN. The number of nitrogens with two attached hydrogens (primary N) is 1. The molecule has 4 nitrogen and oxygen atoms in total. The third kappa shape index (κ3) is 2.78. The van der Waals surface area contributed by atoms with Gasteiger partial charge < -0.3 is 0 Å². The van der Waals surface area contributed by atoms with Crippen LogP contribution in [0.4, 0.5) is 0 Å². The molecule has 2 aromatic rings. The van der Waals surface area contributed by atoms with Crippen LogP contribution >= 0.6 is 0 Å². The monoisotopic (exact) mass is 244 g/mol. The van der Waals surface area contributed by atoms with E-state index < -0.39 is 0 Å². The first-order chi connectivity index (χ1) is 8.74. The third-order valence-electron chi connectivity index (χ3n) is 3.13. The lowest BCUT2D eigenvalue weighted by atomic mass is 10.0. The first kappa shape index (κ1) is 12.8. The lowest BCUT2D eigenvalue weighted by Gasteiger charge is -2.17. The van der Waals surface area contributed by atoms with Crippen molar-refractivity contribution in [1.29, 1.82) is 0 Å². The van der Waals surface area contributed by atoms with Crippen LogP contribution in [-0.4, -0.2) is 9.78 Å². The summed E-state index contributed by atoms with van der Waals surface area (Å²) < 4.78 is 1.97. The zero-order valence-corrected chi connectivity index (χ0v) is 10.9. The van der Waals surface area contributed by atoms with E-state index in [1.54, 1.807) is 0 Å². The molecule has 0 aliphatic heterocycles. The summed E-state index contributed by atoms with van der Waals surface area (Å²) in [4.78, 5) is 0. The number of nitrogens with one attached hydrogen (secondary N) is 1. The zero-order valence-electron chi connectivity index (χ0n) is 10.9. The van der Waals surface area contributed by atoms with E-state index in [9.17, 15) is 0 Å². The normalized spacial score (nSPS) is 12.6. The summed E-state index contributed by atoms with van der Waals surface area (Å²) in [5.74, 6) is 5.68. The van der Waals surface area contributed by atoms with Gasteiger partial charge >= 0.3 is 0 Å². The second kappa shape index (κ2) is 5.80. The molecule has 1 heterocycles. The van der Waals surface area contributed by atoms with Gasteiger partial charge in [-0.2, -0.15) is 5.10 Å². The summed E-state index contributed by atoms with van der Waals surface area (Å²) in [6, 6.07) is 10.6. The van der Waals surface area contributed by atoms with Crippen LogP contribution in [0.1, 0.15) is 29.8 Å². The Morgan fingerprint density at radius 2 is 2.22 bits per heavy atom. The van der Waals surface area contributed by atoms with Crippen LogP contribution in [0.5, 0.6) is 0 Å². The van der Waals surface area contributed by atoms with Gasteiger partial charge in [-0.25, -0.2) is 0 Å². The molecule has 0 amide bonds. The van der Waals surface area contributed by atoms with Crippen molar-refractivity contribution in [3.8, 4) is 0 Å². The van der Waals surface area contributed by atoms with Crippen LogP contribution in [-0.2, 0) is 13.0 Å². The van der Waals surface area contributed by atoms with Crippen molar-refractivity contribution in [2.45, 2.75) is 32.9 Å². The molecule has 0 aliphatic rings. The van der Waals surface area contributed by atoms with Crippen molar-refractivity contribution in [2.75, 3.05) is 0 Å². The number of hydrogen-bond acceptors (Lipinski definition) is 3. The molecule has 0 saturated heterocycles. The molecule has 4 heteroatoms. The predicted molar refractivity (Wildman–Crippen MR) is 72.8 cm³/mol. The average Bonchev–Trinajstić information content (AvgIpc) is 2.84. The molecule has 0 spiro atoms. The summed E-state index contributed by atoms with van der Waals surface area (Å²) in [5.41, 5.74) is 6.56. The van der Waals surface area contributed by atoms with E-state index >= 15 is 0 Å². The number of hydrogen-bond donors (Lipinski definition) is 2. The number of rotatable bonds is 5. The predicted octanol–water partition coefficient (Wildman–Crippen LogP) is 1.96. The molecule has 1 aromatic heterocycles. The van der Waals surface area contributed by atoms with Crippen molar-refractivity contribution >= 4 is 0 Å². The second-order valence-corrected chi connectivity index (χ2v) is 4.48. The molecule has 1 aromatic carbocycles. The Labute approximate surface area is 108 Å². The molecule has 0 bridgehead atoms. The topological polar surface area (TPSA) is 55.9 Å². The Hall–Kier alpha value is -1.65. The van der Waals surface area contributed by atoms with Gasteiger partial charge in [-0.15, -0.1) is 0 Å². The second-order valence-electron chi connectivity index (χ2n) is 4.48. The van der Waals surface area contributed by atoms with Crippen LogP contribution < -0.4 is 11.3 Å². The van der Waals surface area contributed by atoms with Crippen molar-refractivity contribution in [1.82, 2.24) is 15.2 Å². The number of aryl methyl sites for hydroxylation is 2. The van der Waals surface area contributed by atoms with E-state index in [2.05, 4.69) is 48.6 Å². The van der Waals surface area contributed by atoms with E-state index in [1.165, 1.54) is 11.1 Å². The van der Waals surface area contributed by atoms with Gasteiger partial charge in [0, 0.05) is 12.7 Å². The molecular weight excluding hydrogens is 224 g/mol. The average molecular weight is 244 g/mol. The summed E-state index contributed by atoms with van der Waals surface area (Å²) >= 11 is 0. The van der Waals surface area contributed by atoms with E-state index in [4.69, 9.17) is 5.84 Å². The van der Waals surface area contributed by atoms with Gasteiger partial charge in [0.25, 0.3) is 0 Å². The molecule has 0 aliphatic carbocycles. The summed E-state index contributed by atoms with van der Waals surface area (Å²) in [7, 11) is 0. The molecule has 1 atom stereocenters. The molecule has 96 valence electrons. The lowest BCUT2D eigenvalue weighted by Crippen LogP contribution is -2.31. The Morgan fingerprint density at radius 3 is 2.89 bits per heavy atom. The highest BCUT2D eigenvalue weighted by Crippen LogP contribution is 2.18. The minimum absolute atomic E-state index is 0.0919. The standard InChI is InChI=1S/C14H20N4/c1-3-18-14(7-8-16-18)13(17-15)10-12-6-4-5-11(2)9-12/h4-9,13,17H,3,10,15H2,1-2H3. The Morgan fingerprint density at radius 1 is 1.39 bits per heavy atom. The minimum atomic E-state index is 0.0919. The Bertz CT molecular complexity index is 504. The zero-order chi connectivity index (χ0) is 13.0. The first-order valence-corrected chi connectivity index (χ1v) is 6.28. The van der Waals surface area contributed by atoms with Gasteiger partial charge in [0.05, 0.1) is 11.7 Å². The van der Waals surface area contributed by atoms with Gasteiger partial charge in [-0.3, -0.25) is 16.0 Å². The van der Waals surface area contributed by atoms with E-state index in [0.29, 0.717) is 0 Å². The Kier molecular flexibility index (Phi) is 4.12. The van der Waals surface area contributed by atoms with Crippen molar-refractivity contribution in [2.24, 2.45) is 5.84 Å². The molecule has 0 saturated carbocycles. The summed E-state index contributed by atoms with van der Waals surface area (Å²) in [6.07, 6.45) is 2.68. The van der Waals surface area contributed by atoms with Gasteiger partial charge in [0.2, 0.25) is 0 Å². The fourth-order valence-electron chi connectivity index (χ4n) is 2.23. The van der Waals surface area contributed by atoms with E-state index in [-0.39, 0.29) is 6.04 Å². The van der Waals surface area contributed by atoms with Crippen LogP contribution in [0.25, 0.3) is 0 Å². The molecular formula is C14H20N4. The van der Waals surface area contributed by atoms with Crippen LogP contribution in [0, 0.1) is 6.92 Å². The highest BCUT2D eigenvalue weighted by molar-refractivity contribution is 5.24. The molecule has 2 rings (SSSR count). The fourth-order valence-corrected chi connectivity index (χ4v) is 2.23.